The zero-order valence-corrected chi connectivity index (χ0v) is 11.9. The van der Waals surface area contributed by atoms with Crippen LogP contribution in [0.15, 0.2) is 35.2 Å². The molecule has 96 valence electrons. The highest BCUT2D eigenvalue weighted by molar-refractivity contribution is 9.10. The first-order valence-electron chi connectivity index (χ1n) is 5.69. The van der Waals surface area contributed by atoms with E-state index in [1.165, 1.54) is 6.07 Å². The standard InChI is InChI=1S/C13H15BrFN3/c1-16-12(13-7-17-8-18(13)2)5-9-3-4-10(14)6-11(9)15/h3-4,6-8,12,16H,5H2,1-2H3. The van der Waals surface area contributed by atoms with Crippen molar-refractivity contribution < 1.29 is 4.39 Å². The smallest absolute Gasteiger partial charge is 0.127 e. The second kappa shape index (κ2) is 5.63. The molecule has 0 spiro atoms. The van der Waals surface area contributed by atoms with Crippen molar-refractivity contribution in [2.45, 2.75) is 12.5 Å². The van der Waals surface area contributed by atoms with Crippen LogP contribution in [0.4, 0.5) is 4.39 Å². The highest BCUT2D eigenvalue weighted by Gasteiger charge is 2.15. The summed E-state index contributed by atoms with van der Waals surface area (Å²) in [6.45, 7) is 0. The molecule has 5 heteroatoms. The second-order valence-electron chi connectivity index (χ2n) is 4.21. The Labute approximate surface area is 114 Å². The van der Waals surface area contributed by atoms with Gasteiger partial charge in [-0.3, -0.25) is 0 Å². The number of likely N-dealkylation sites (N-methyl/N-ethyl adjacent to an activating group) is 1. The fourth-order valence-electron chi connectivity index (χ4n) is 1.96. The summed E-state index contributed by atoms with van der Waals surface area (Å²) in [7, 11) is 3.80. The Bertz CT molecular complexity index is 539. The Morgan fingerprint density at radius 2 is 2.28 bits per heavy atom. The Kier molecular flexibility index (Phi) is 4.14. The molecule has 0 radical (unpaired) electrons. The lowest BCUT2D eigenvalue weighted by molar-refractivity contribution is 0.531. The molecule has 0 saturated carbocycles. The van der Waals surface area contributed by atoms with Gasteiger partial charge in [0.1, 0.15) is 5.82 Å². The van der Waals surface area contributed by atoms with E-state index in [1.54, 1.807) is 18.6 Å². The number of nitrogens with one attached hydrogen (secondary N) is 1. The summed E-state index contributed by atoms with van der Waals surface area (Å²) in [6, 6.07) is 5.20. The van der Waals surface area contributed by atoms with Gasteiger partial charge in [0.15, 0.2) is 0 Å². The molecule has 3 nitrogen and oxygen atoms in total. The van der Waals surface area contributed by atoms with E-state index in [1.807, 2.05) is 24.7 Å². The van der Waals surface area contributed by atoms with Gasteiger partial charge in [-0.05, 0) is 31.2 Å². The molecular formula is C13H15BrFN3. The SMILES string of the molecule is CNC(Cc1ccc(Br)cc1F)c1cncn1C. The summed E-state index contributed by atoms with van der Waals surface area (Å²) in [5, 5.41) is 3.20. The molecule has 0 aliphatic heterocycles. The minimum atomic E-state index is -0.188. The topological polar surface area (TPSA) is 29.9 Å². The fourth-order valence-corrected chi connectivity index (χ4v) is 2.30. The molecule has 0 aliphatic rings. The quantitative estimate of drug-likeness (QED) is 0.941. The van der Waals surface area contributed by atoms with E-state index in [0.29, 0.717) is 12.0 Å². The van der Waals surface area contributed by atoms with Gasteiger partial charge in [0.25, 0.3) is 0 Å². The van der Waals surface area contributed by atoms with Crippen molar-refractivity contribution in [1.29, 1.82) is 0 Å². The number of imidazole rings is 1. The van der Waals surface area contributed by atoms with E-state index >= 15 is 0 Å². The van der Waals surface area contributed by atoms with Crippen LogP contribution >= 0.6 is 15.9 Å². The molecule has 0 bridgehead atoms. The lowest BCUT2D eigenvalue weighted by atomic mass is 10.0. The maximum absolute atomic E-state index is 13.8. The number of rotatable bonds is 4. The third kappa shape index (κ3) is 2.79. The summed E-state index contributed by atoms with van der Waals surface area (Å²) < 4.78 is 16.5. The summed E-state index contributed by atoms with van der Waals surface area (Å²) in [5.41, 5.74) is 1.73. The molecule has 0 amide bonds. The summed E-state index contributed by atoms with van der Waals surface area (Å²) in [6.07, 6.45) is 4.14. The number of aromatic nitrogens is 2. The molecule has 1 aromatic carbocycles. The highest BCUT2D eigenvalue weighted by Crippen LogP contribution is 2.21. The third-order valence-electron chi connectivity index (χ3n) is 3.00. The Morgan fingerprint density at radius 3 is 2.83 bits per heavy atom. The van der Waals surface area contributed by atoms with Crippen molar-refractivity contribution in [1.82, 2.24) is 14.9 Å². The van der Waals surface area contributed by atoms with Crippen LogP contribution in [-0.2, 0) is 13.5 Å². The van der Waals surface area contributed by atoms with Gasteiger partial charge in [-0.15, -0.1) is 0 Å². The van der Waals surface area contributed by atoms with Gasteiger partial charge in [0.2, 0.25) is 0 Å². The Hall–Kier alpha value is -1.20. The van der Waals surface area contributed by atoms with Gasteiger partial charge in [-0.2, -0.15) is 0 Å². The first-order chi connectivity index (χ1) is 8.61. The first-order valence-corrected chi connectivity index (χ1v) is 6.48. The van der Waals surface area contributed by atoms with Crippen LogP contribution in [0.25, 0.3) is 0 Å². The minimum Gasteiger partial charge on any atom is -0.336 e. The van der Waals surface area contributed by atoms with E-state index in [4.69, 9.17) is 0 Å². The number of aryl methyl sites for hydroxylation is 1. The van der Waals surface area contributed by atoms with Crippen molar-refractivity contribution in [3.05, 3.63) is 52.3 Å². The van der Waals surface area contributed by atoms with Gasteiger partial charge >= 0.3 is 0 Å². The van der Waals surface area contributed by atoms with Crippen LogP contribution in [0.5, 0.6) is 0 Å². The van der Waals surface area contributed by atoms with Crippen molar-refractivity contribution in [2.24, 2.45) is 7.05 Å². The van der Waals surface area contributed by atoms with E-state index in [2.05, 4.69) is 26.2 Å². The van der Waals surface area contributed by atoms with Gasteiger partial charge in [0, 0.05) is 17.7 Å². The van der Waals surface area contributed by atoms with E-state index < -0.39 is 0 Å². The summed E-state index contributed by atoms with van der Waals surface area (Å²) in [4.78, 5) is 4.09. The van der Waals surface area contributed by atoms with Crippen LogP contribution in [0, 0.1) is 5.82 Å². The van der Waals surface area contributed by atoms with Crippen LogP contribution in [-0.4, -0.2) is 16.6 Å². The lowest BCUT2D eigenvalue weighted by Gasteiger charge is -2.17. The van der Waals surface area contributed by atoms with Crippen molar-refractivity contribution >= 4 is 15.9 Å². The average molecular weight is 312 g/mol. The second-order valence-corrected chi connectivity index (χ2v) is 5.13. The maximum atomic E-state index is 13.8. The Balaban J connectivity index is 2.23. The van der Waals surface area contributed by atoms with Crippen LogP contribution in [0.3, 0.4) is 0 Å². The van der Waals surface area contributed by atoms with E-state index in [0.717, 1.165) is 10.2 Å². The molecule has 0 fully saturated rings. The zero-order chi connectivity index (χ0) is 13.1. The van der Waals surface area contributed by atoms with E-state index in [-0.39, 0.29) is 11.9 Å². The molecule has 1 atom stereocenters. The number of hydrogen-bond donors (Lipinski definition) is 1. The van der Waals surface area contributed by atoms with Gasteiger partial charge < -0.3 is 9.88 Å². The molecule has 0 aliphatic carbocycles. The molecule has 2 rings (SSSR count). The lowest BCUT2D eigenvalue weighted by Crippen LogP contribution is -2.21. The summed E-state index contributed by atoms with van der Waals surface area (Å²) >= 11 is 3.26. The number of nitrogens with zero attached hydrogens (tertiary/aromatic N) is 2. The van der Waals surface area contributed by atoms with Crippen molar-refractivity contribution in [3.8, 4) is 0 Å². The first kappa shape index (κ1) is 13.2. The van der Waals surface area contributed by atoms with Crippen molar-refractivity contribution in [3.63, 3.8) is 0 Å². The molecule has 2 aromatic rings. The van der Waals surface area contributed by atoms with Gasteiger partial charge in [-0.25, -0.2) is 9.37 Å². The predicted molar refractivity (Wildman–Crippen MR) is 72.8 cm³/mol. The largest absolute Gasteiger partial charge is 0.336 e. The fraction of sp³-hybridized carbons (Fsp3) is 0.308. The molecule has 1 aromatic heterocycles. The zero-order valence-electron chi connectivity index (χ0n) is 10.3. The number of halogens is 2. The van der Waals surface area contributed by atoms with Crippen LogP contribution in [0.1, 0.15) is 17.3 Å². The molecule has 18 heavy (non-hydrogen) atoms. The van der Waals surface area contributed by atoms with Crippen LogP contribution in [0.2, 0.25) is 0 Å². The molecule has 0 saturated heterocycles. The average Bonchev–Trinajstić information content (AvgIpc) is 2.75. The monoisotopic (exact) mass is 311 g/mol. The maximum Gasteiger partial charge on any atom is 0.127 e. The number of hydrogen-bond acceptors (Lipinski definition) is 2. The molecular weight excluding hydrogens is 297 g/mol. The van der Waals surface area contributed by atoms with E-state index in [9.17, 15) is 4.39 Å². The molecule has 1 unspecified atom stereocenters. The molecule has 1 heterocycles. The highest BCUT2D eigenvalue weighted by atomic mass is 79.9. The number of benzene rings is 1. The van der Waals surface area contributed by atoms with Crippen LogP contribution < -0.4 is 5.32 Å². The summed E-state index contributed by atoms with van der Waals surface area (Å²) in [5.74, 6) is -0.188. The Morgan fingerprint density at radius 1 is 1.50 bits per heavy atom. The normalized spacial score (nSPS) is 12.7. The van der Waals surface area contributed by atoms with Crippen molar-refractivity contribution in [2.75, 3.05) is 7.05 Å². The third-order valence-corrected chi connectivity index (χ3v) is 3.49. The van der Waals surface area contributed by atoms with Gasteiger partial charge in [-0.1, -0.05) is 22.0 Å². The minimum absolute atomic E-state index is 0.0492. The molecule has 1 N–H and O–H groups in total. The van der Waals surface area contributed by atoms with Gasteiger partial charge in [0.05, 0.1) is 18.1 Å². The predicted octanol–water partition coefficient (Wildman–Crippen LogP) is 2.82.